The Balaban J connectivity index is 4.60. The van der Waals surface area contributed by atoms with E-state index >= 15 is 0 Å². The van der Waals surface area contributed by atoms with Gasteiger partial charge in [0.05, 0.1) is 25.2 Å². The molecule has 0 aliphatic heterocycles. The van der Waals surface area contributed by atoms with Crippen molar-refractivity contribution in [1.29, 1.82) is 0 Å². The van der Waals surface area contributed by atoms with E-state index in [9.17, 15) is 19.8 Å². The molecule has 0 spiro atoms. The Morgan fingerprint density at radius 2 is 1.04 bits per heavy atom. The molecule has 0 fully saturated rings. The van der Waals surface area contributed by atoms with Crippen molar-refractivity contribution in [1.82, 2.24) is 5.32 Å². The number of hydrogen-bond acceptors (Lipinski definition) is 5. The highest BCUT2D eigenvalue weighted by Gasteiger charge is 2.24. The van der Waals surface area contributed by atoms with Gasteiger partial charge in [0, 0.05) is 6.42 Å². The van der Waals surface area contributed by atoms with E-state index in [4.69, 9.17) is 4.74 Å². The van der Waals surface area contributed by atoms with Gasteiger partial charge in [0.25, 0.3) is 0 Å². The molecule has 0 bridgehead atoms. The van der Waals surface area contributed by atoms with Crippen molar-refractivity contribution in [2.45, 2.75) is 238 Å². The maximum atomic E-state index is 13.1. The second-order valence-corrected chi connectivity index (χ2v) is 15.1. The zero-order valence-corrected chi connectivity index (χ0v) is 34.4. The fourth-order valence-corrected chi connectivity index (χ4v) is 6.62. The average Bonchev–Trinajstić information content (AvgIpc) is 3.13. The molecule has 1 amide bonds. The largest absolute Gasteiger partial charge is 0.462 e. The normalized spacial score (nSPS) is 13.7. The van der Waals surface area contributed by atoms with Gasteiger partial charge in [-0.05, 0) is 57.8 Å². The molecule has 0 heterocycles. The Morgan fingerprint density at radius 1 is 0.577 bits per heavy atom. The highest BCUT2D eigenvalue weighted by Crippen LogP contribution is 2.17. The first-order valence-corrected chi connectivity index (χ1v) is 22.2. The van der Waals surface area contributed by atoms with Gasteiger partial charge in [-0.2, -0.15) is 0 Å². The lowest BCUT2D eigenvalue weighted by Gasteiger charge is -2.24. The molecule has 0 saturated carbocycles. The maximum Gasteiger partial charge on any atom is 0.306 e. The first-order valence-electron chi connectivity index (χ1n) is 22.2. The molecule has 0 saturated heterocycles. The number of allylic oxidation sites excluding steroid dienone is 6. The van der Waals surface area contributed by atoms with Gasteiger partial charge in [-0.3, -0.25) is 9.59 Å². The molecule has 3 atom stereocenters. The molecule has 0 radical (unpaired) electrons. The lowest BCUT2D eigenvalue weighted by Crippen LogP contribution is -2.46. The number of rotatable bonds is 39. The van der Waals surface area contributed by atoms with Gasteiger partial charge in [-0.25, -0.2) is 0 Å². The number of hydrogen-bond donors (Lipinski definition) is 3. The van der Waals surface area contributed by atoms with Crippen LogP contribution in [-0.2, 0) is 14.3 Å². The summed E-state index contributed by atoms with van der Waals surface area (Å²) in [5.74, 6) is -0.499. The summed E-state index contributed by atoms with van der Waals surface area (Å²) in [7, 11) is 0. The third kappa shape index (κ3) is 35.1. The van der Waals surface area contributed by atoms with Crippen LogP contribution < -0.4 is 5.32 Å². The number of aliphatic hydroxyl groups is 2. The summed E-state index contributed by atoms with van der Waals surface area (Å²) >= 11 is 0. The highest BCUT2D eigenvalue weighted by atomic mass is 16.5. The van der Waals surface area contributed by atoms with Crippen LogP contribution in [0.25, 0.3) is 0 Å². The van der Waals surface area contributed by atoms with Gasteiger partial charge >= 0.3 is 5.97 Å². The van der Waals surface area contributed by atoms with Crippen molar-refractivity contribution in [2.75, 3.05) is 6.61 Å². The molecule has 0 aliphatic carbocycles. The molecule has 0 rings (SSSR count). The lowest BCUT2D eigenvalue weighted by atomic mass is 10.0. The van der Waals surface area contributed by atoms with E-state index in [1.807, 2.05) is 0 Å². The monoisotopic (exact) mass is 732 g/mol. The van der Waals surface area contributed by atoms with E-state index in [1.165, 1.54) is 89.9 Å². The second-order valence-electron chi connectivity index (χ2n) is 15.1. The summed E-state index contributed by atoms with van der Waals surface area (Å²) in [5.41, 5.74) is 0. The Morgan fingerprint density at radius 3 is 1.58 bits per heavy atom. The Hall–Kier alpha value is -1.92. The molecular formula is C46H85NO5. The van der Waals surface area contributed by atoms with Gasteiger partial charge in [-0.1, -0.05) is 186 Å². The Labute approximate surface area is 322 Å². The first-order chi connectivity index (χ1) is 25.5. The van der Waals surface area contributed by atoms with Crippen LogP contribution in [0.1, 0.15) is 220 Å². The van der Waals surface area contributed by atoms with Gasteiger partial charge in [-0.15, -0.1) is 0 Å². The number of unbranched alkanes of at least 4 members (excludes halogenated alkanes) is 21. The molecule has 3 N–H and O–H groups in total. The van der Waals surface area contributed by atoms with Crippen LogP contribution in [0, 0.1) is 0 Å². The van der Waals surface area contributed by atoms with Crippen molar-refractivity contribution >= 4 is 11.9 Å². The van der Waals surface area contributed by atoms with E-state index in [0.717, 1.165) is 83.5 Å². The number of esters is 1. The molecule has 6 heteroatoms. The van der Waals surface area contributed by atoms with E-state index in [0.29, 0.717) is 19.3 Å². The summed E-state index contributed by atoms with van der Waals surface area (Å²) in [5, 5.41) is 23.5. The van der Waals surface area contributed by atoms with E-state index in [-0.39, 0.29) is 24.9 Å². The molecule has 3 unspecified atom stereocenters. The first kappa shape index (κ1) is 50.1. The third-order valence-electron chi connectivity index (χ3n) is 9.98. The van der Waals surface area contributed by atoms with Crippen molar-refractivity contribution in [2.24, 2.45) is 0 Å². The molecule has 0 aliphatic rings. The smallest absolute Gasteiger partial charge is 0.306 e. The maximum absolute atomic E-state index is 13.1. The second kappa shape index (κ2) is 40.3. The SMILES string of the molecule is CC/C=C/C/C=C/C/C=C/CCCCCCC(=O)OC(CCCCCCCCCCCC)CC(=O)NC(CO)C(O)CCCCCCCCCCC. The summed E-state index contributed by atoms with van der Waals surface area (Å²) in [6.45, 7) is 6.32. The van der Waals surface area contributed by atoms with Gasteiger partial charge in [0.1, 0.15) is 6.10 Å². The van der Waals surface area contributed by atoms with Crippen molar-refractivity contribution in [3.63, 3.8) is 0 Å². The van der Waals surface area contributed by atoms with E-state index in [2.05, 4.69) is 62.5 Å². The molecule has 0 aromatic carbocycles. The zero-order valence-electron chi connectivity index (χ0n) is 34.4. The number of amides is 1. The van der Waals surface area contributed by atoms with Gasteiger partial charge in [0.15, 0.2) is 0 Å². The number of aliphatic hydroxyl groups excluding tert-OH is 2. The van der Waals surface area contributed by atoms with Crippen LogP contribution in [-0.4, -0.2) is 46.9 Å². The average molecular weight is 732 g/mol. The number of ether oxygens (including phenoxy) is 1. The Kier molecular flexibility index (Phi) is 38.8. The van der Waals surface area contributed by atoms with Crippen molar-refractivity contribution in [3.8, 4) is 0 Å². The quantitative estimate of drug-likeness (QED) is 0.0332. The van der Waals surface area contributed by atoms with E-state index < -0.39 is 18.2 Å². The number of nitrogens with one attached hydrogen (secondary N) is 1. The standard InChI is InChI=1S/C46H85NO5/c1-4-7-10-13-16-19-21-22-23-24-27-30-33-36-39-46(51)52-42(37-34-31-28-26-20-17-14-11-8-5-2)40-45(50)47-43(41-48)44(49)38-35-32-29-25-18-15-12-9-6-3/h7,10,16,19,22-23,42-44,48-49H,4-6,8-9,11-15,17-18,20-21,24-41H2,1-3H3,(H,47,50)/b10-7+,19-16+,23-22+. The van der Waals surface area contributed by atoms with Crippen LogP contribution in [0.3, 0.4) is 0 Å². The summed E-state index contributed by atoms with van der Waals surface area (Å²) < 4.78 is 5.88. The lowest BCUT2D eigenvalue weighted by molar-refractivity contribution is -0.151. The Bertz CT molecular complexity index is 869. The number of carbonyl (C=O) groups is 2. The molecule has 52 heavy (non-hydrogen) atoms. The van der Waals surface area contributed by atoms with Gasteiger partial charge in [0.2, 0.25) is 5.91 Å². The fourth-order valence-electron chi connectivity index (χ4n) is 6.62. The minimum Gasteiger partial charge on any atom is -0.462 e. The van der Waals surface area contributed by atoms with E-state index in [1.54, 1.807) is 0 Å². The highest BCUT2D eigenvalue weighted by molar-refractivity contribution is 5.77. The van der Waals surface area contributed by atoms with Crippen LogP contribution in [0.15, 0.2) is 36.5 Å². The molecule has 6 nitrogen and oxygen atoms in total. The minimum absolute atomic E-state index is 0.0708. The van der Waals surface area contributed by atoms with Crippen LogP contribution in [0.4, 0.5) is 0 Å². The molecular weight excluding hydrogens is 647 g/mol. The summed E-state index contributed by atoms with van der Waals surface area (Å²) in [4.78, 5) is 25.9. The van der Waals surface area contributed by atoms with Gasteiger partial charge < -0.3 is 20.3 Å². The third-order valence-corrected chi connectivity index (χ3v) is 9.98. The fraction of sp³-hybridized carbons (Fsp3) is 0.826. The zero-order chi connectivity index (χ0) is 38.2. The molecule has 0 aromatic heterocycles. The number of carbonyl (C=O) groups excluding carboxylic acids is 2. The van der Waals surface area contributed by atoms with Crippen molar-refractivity contribution < 1.29 is 24.5 Å². The molecule has 0 aromatic rings. The molecule has 304 valence electrons. The summed E-state index contributed by atoms with van der Waals surface area (Å²) in [6, 6.07) is -0.700. The van der Waals surface area contributed by atoms with Crippen molar-refractivity contribution in [3.05, 3.63) is 36.5 Å². The van der Waals surface area contributed by atoms with Crippen LogP contribution in [0.5, 0.6) is 0 Å². The predicted octanol–water partition coefficient (Wildman–Crippen LogP) is 12.6. The van der Waals surface area contributed by atoms with Crippen LogP contribution in [0.2, 0.25) is 0 Å². The predicted molar refractivity (Wildman–Crippen MR) is 222 cm³/mol. The van der Waals surface area contributed by atoms with Crippen LogP contribution >= 0.6 is 0 Å². The minimum atomic E-state index is -0.785. The topological polar surface area (TPSA) is 95.9 Å². The summed E-state index contributed by atoms with van der Waals surface area (Å²) in [6.07, 6.45) is 44.9.